The second kappa shape index (κ2) is 10.1. The first-order valence-electron chi connectivity index (χ1n) is 11.0. The van der Waals surface area contributed by atoms with Crippen molar-refractivity contribution in [3.63, 3.8) is 0 Å². The molecule has 7 nitrogen and oxygen atoms in total. The molecule has 2 rings (SSSR count). The zero-order valence-corrected chi connectivity index (χ0v) is 20.5. The molecular weight excluding hydrogens is 416 g/mol. The molecule has 1 amide bonds. The third-order valence-electron chi connectivity index (χ3n) is 5.56. The molecule has 1 saturated heterocycles. The molecule has 1 heterocycles. The van der Waals surface area contributed by atoms with E-state index in [9.17, 15) is 18.0 Å². The molecular formula is C23H36N2O5S. The smallest absolute Gasteiger partial charge is 0.338 e. The Morgan fingerprint density at radius 1 is 0.968 bits per heavy atom. The highest BCUT2D eigenvalue weighted by molar-refractivity contribution is 7.89. The number of hydrogen-bond acceptors (Lipinski definition) is 5. The first-order valence-corrected chi connectivity index (χ1v) is 12.4. The van der Waals surface area contributed by atoms with Crippen LogP contribution in [-0.2, 0) is 19.6 Å². The van der Waals surface area contributed by atoms with E-state index in [-0.39, 0.29) is 28.4 Å². The maximum atomic E-state index is 13.0. The van der Waals surface area contributed by atoms with Crippen LogP contribution < -0.4 is 0 Å². The minimum Gasteiger partial charge on any atom is -0.449 e. The number of hydrogen-bond donors (Lipinski definition) is 0. The van der Waals surface area contributed by atoms with Crippen molar-refractivity contribution in [2.75, 3.05) is 13.1 Å². The molecule has 0 saturated carbocycles. The van der Waals surface area contributed by atoms with E-state index >= 15 is 0 Å². The number of carbonyl (C=O) groups excluding carboxylic acids is 2. The number of carbonyl (C=O) groups is 2. The minimum absolute atomic E-state index is 0.0154. The molecule has 0 aliphatic carbocycles. The number of sulfonamides is 1. The Kier molecular flexibility index (Phi) is 8.27. The maximum absolute atomic E-state index is 13.0. The van der Waals surface area contributed by atoms with Crippen LogP contribution in [0.5, 0.6) is 0 Å². The molecule has 0 spiro atoms. The van der Waals surface area contributed by atoms with Gasteiger partial charge in [-0.05, 0) is 77.1 Å². The topological polar surface area (TPSA) is 84.0 Å². The molecule has 1 aromatic rings. The standard InChI is InChI=1S/C23H36N2O5S/c1-15(2)25(16(3)4)22(26)19(7)30-23(27)20-8-10-21(11-9-20)31(28,29)24-13-17(5)12-18(6)14-24/h8-11,15-19H,12-14H2,1-7H3. The maximum Gasteiger partial charge on any atom is 0.338 e. The molecule has 1 aliphatic heterocycles. The Hall–Kier alpha value is -1.93. The van der Waals surface area contributed by atoms with Crippen LogP contribution in [0.2, 0.25) is 0 Å². The Labute approximate surface area is 186 Å². The van der Waals surface area contributed by atoms with Crippen molar-refractivity contribution in [2.24, 2.45) is 11.8 Å². The average Bonchev–Trinajstić information content (AvgIpc) is 2.66. The summed E-state index contributed by atoms with van der Waals surface area (Å²) in [6.07, 6.45) is 0.0793. The third-order valence-corrected chi connectivity index (χ3v) is 7.41. The number of rotatable bonds is 7. The molecule has 3 unspecified atom stereocenters. The third kappa shape index (κ3) is 6.07. The van der Waals surface area contributed by atoms with E-state index in [0.717, 1.165) is 6.42 Å². The van der Waals surface area contributed by atoms with Gasteiger partial charge in [0.15, 0.2) is 6.10 Å². The van der Waals surface area contributed by atoms with Crippen molar-refractivity contribution in [1.29, 1.82) is 0 Å². The lowest BCUT2D eigenvalue weighted by atomic mass is 9.94. The SMILES string of the molecule is CC1CC(C)CN(S(=O)(=O)c2ccc(C(=O)OC(C)C(=O)N(C(C)C)C(C)C)cc2)C1. The fourth-order valence-electron chi connectivity index (χ4n) is 4.31. The van der Waals surface area contributed by atoms with Gasteiger partial charge in [0.05, 0.1) is 10.5 Å². The quantitative estimate of drug-likeness (QED) is 0.591. The summed E-state index contributed by atoms with van der Waals surface area (Å²) in [6.45, 7) is 14.3. The highest BCUT2D eigenvalue weighted by Gasteiger charge is 2.32. The lowest BCUT2D eigenvalue weighted by Gasteiger charge is -2.34. The van der Waals surface area contributed by atoms with E-state index in [2.05, 4.69) is 13.8 Å². The fraction of sp³-hybridized carbons (Fsp3) is 0.652. The van der Waals surface area contributed by atoms with Crippen LogP contribution in [0.25, 0.3) is 0 Å². The van der Waals surface area contributed by atoms with E-state index in [0.29, 0.717) is 24.9 Å². The van der Waals surface area contributed by atoms with Crippen molar-refractivity contribution in [1.82, 2.24) is 9.21 Å². The molecule has 1 aliphatic rings. The summed E-state index contributed by atoms with van der Waals surface area (Å²) in [5, 5.41) is 0. The number of benzene rings is 1. The monoisotopic (exact) mass is 452 g/mol. The van der Waals surface area contributed by atoms with E-state index in [1.807, 2.05) is 27.7 Å². The van der Waals surface area contributed by atoms with Gasteiger partial charge in [-0.15, -0.1) is 0 Å². The molecule has 3 atom stereocenters. The van der Waals surface area contributed by atoms with Crippen LogP contribution in [0.15, 0.2) is 29.2 Å². The second-order valence-corrected chi connectivity index (χ2v) is 11.2. The predicted octanol–water partition coefficient (Wildman–Crippen LogP) is 3.54. The second-order valence-electron chi connectivity index (χ2n) is 9.27. The average molecular weight is 453 g/mol. The van der Waals surface area contributed by atoms with Crippen molar-refractivity contribution in [3.8, 4) is 0 Å². The van der Waals surface area contributed by atoms with Crippen molar-refractivity contribution in [2.45, 2.75) is 78.0 Å². The predicted molar refractivity (Wildman–Crippen MR) is 120 cm³/mol. The Bertz CT molecular complexity index is 862. The van der Waals surface area contributed by atoms with Crippen molar-refractivity contribution >= 4 is 21.9 Å². The largest absolute Gasteiger partial charge is 0.449 e. The highest BCUT2D eigenvalue weighted by Crippen LogP contribution is 2.27. The van der Waals surface area contributed by atoms with Gasteiger partial charge in [-0.1, -0.05) is 13.8 Å². The van der Waals surface area contributed by atoms with Crippen molar-refractivity contribution < 1.29 is 22.7 Å². The van der Waals surface area contributed by atoms with Crippen LogP contribution in [0, 0.1) is 11.8 Å². The zero-order valence-electron chi connectivity index (χ0n) is 19.7. The summed E-state index contributed by atoms with van der Waals surface area (Å²) >= 11 is 0. The van der Waals surface area contributed by atoms with Crippen LogP contribution in [-0.4, -0.2) is 60.8 Å². The van der Waals surface area contributed by atoms with E-state index < -0.39 is 22.1 Å². The molecule has 1 fully saturated rings. The van der Waals surface area contributed by atoms with Gasteiger partial charge < -0.3 is 9.64 Å². The number of esters is 1. The number of ether oxygens (including phenoxy) is 1. The normalized spacial score (nSPS) is 21.2. The molecule has 8 heteroatoms. The van der Waals surface area contributed by atoms with Gasteiger partial charge in [0.2, 0.25) is 10.0 Å². The minimum atomic E-state index is -3.62. The van der Waals surface area contributed by atoms with Gasteiger partial charge in [-0.3, -0.25) is 4.79 Å². The van der Waals surface area contributed by atoms with Crippen LogP contribution >= 0.6 is 0 Å². The van der Waals surface area contributed by atoms with E-state index in [1.54, 1.807) is 11.8 Å². The van der Waals surface area contributed by atoms with Gasteiger partial charge in [0, 0.05) is 25.2 Å². The zero-order chi connectivity index (χ0) is 23.5. The van der Waals surface area contributed by atoms with Crippen LogP contribution in [0.3, 0.4) is 0 Å². The molecule has 174 valence electrons. The Balaban J connectivity index is 2.10. The van der Waals surface area contributed by atoms with Crippen LogP contribution in [0.4, 0.5) is 0 Å². The number of piperidine rings is 1. The lowest BCUT2D eigenvalue weighted by Crippen LogP contribution is -2.47. The summed E-state index contributed by atoms with van der Waals surface area (Å²) in [5.74, 6) is -0.297. The van der Waals surface area contributed by atoms with E-state index in [4.69, 9.17) is 4.74 Å². The number of amides is 1. The van der Waals surface area contributed by atoms with Gasteiger partial charge in [0.1, 0.15) is 0 Å². The van der Waals surface area contributed by atoms with E-state index in [1.165, 1.54) is 28.6 Å². The molecule has 0 radical (unpaired) electrons. The lowest BCUT2D eigenvalue weighted by molar-refractivity contribution is -0.143. The Morgan fingerprint density at radius 3 is 1.90 bits per heavy atom. The molecule has 0 N–H and O–H groups in total. The molecule has 31 heavy (non-hydrogen) atoms. The molecule has 0 bridgehead atoms. The van der Waals surface area contributed by atoms with Gasteiger partial charge in [0.25, 0.3) is 5.91 Å². The summed E-state index contributed by atoms with van der Waals surface area (Å²) < 4.78 is 32.9. The fourth-order valence-corrected chi connectivity index (χ4v) is 5.99. The summed E-state index contributed by atoms with van der Waals surface area (Å²) in [5.41, 5.74) is 0.208. The summed E-state index contributed by atoms with van der Waals surface area (Å²) in [7, 11) is -3.62. The summed E-state index contributed by atoms with van der Waals surface area (Å²) in [6, 6.07) is 5.70. The van der Waals surface area contributed by atoms with Crippen LogP contribution in [0.1, 0.15) is 65.2 Å². The highest BCUT2D eigenvalue weighted by atomic mass is 32.2. The Morgan fingerprint density at radius 2 is 1.45 bits per heavy atom. The first-order chi connectivity index (χ1) is 14.3. The van der Waals surface area contributed by atoms with Gasteiger partial charge in [-0.2, -0.15) is 4.31 Å². The summed E-state index contributed by atoms with van der Waals surface area (Å²) in [4.78, 5) is 27.0. The first kappa shape index (κ1) is 25.3. The number of nitrogens with zero attached hydrogens (tertiary/aromatic N) is 2. The van der Waals surface area contributed by atoms with Gasteiger partial charge in [-0.25, -0.2) is 13.2 Å². The molecule has 0 aromatic heterocycles. The molecule has 1 aromatic carbocycles. The van der Waals surface area contributed by atoms with Gasteiger partial charge >= 0.3 is 5.97 Å². The van der Waals surface area contributed by atoms with Crippen molar-refractivity contribution in [3.05, 3.63) is 29.8 Å².